The van der Waals surface area contributed by atoms with Gasteiger partial charge in [-0.15, -0.1) is 0 Å². The zero-order chi connectivity index (χ0) is 30.2. The van der Waals surface area contributed by atoms with Crippen LogP contribution in [0, 0.1) is 0 Å². The van der Waals surface area contributed by atoms with Crippen molar-refractivity contribution in [1.29, 1.82) is 0 Å². The molecule has 8 rings (SSSR count). The van der Waals surface area contributed by atoms with Crippen molar-refractivity contribution in [3.8, 4) is 17.2 Å². The van der Waals surface area contributed by atoms with Gasteiger partial charge in [0, 0.05) is 29.3 Å². The van der Waals surface area contributed by atoms with Gasteiger partial charge in [-0.3, -0.25) is 4.57 Å². The molecule has 0 amide bonds. The third-order valence-corrected chi connectivity index (χ3v) is 12.7. The number of para-hydroxylation sites is 2. The van der Waals surface area contributed by atoms with Crippen LogP contribution >= 0.6 is 0 Å². The molecule has 0 aliphatic carbocycles. The minimum atomic E-state index is -3.13. The topological polar surface area (TPSA) is 56.5 Å². The van der Waals surface area contributed by atoms with Crippen LogP contribution in [0.25, 0.3) is 39.0 Å². The lowest BCUT2D eigenvalue weighted by molar-refractivity contribution is 1.05. The van der Waals surface area contributed by atoms with E-state index < -0.39 is 8.07 Å². The van der Waals surface area contributed by atoms with Crippen molar-refractivity contribution in [2.75, 3.05) is 0 Å². The van der Waals surface area contributed by atoms with E-state index in [2.05, 4.69) is 124 Å². The van der Waals surface area contributed by atoms with Crippen LogP contribution in [0.1, 0.15) is 1.37 Å². The van der Waals surface area contributed by atoms with Gasteiger partial charge >= 0.3 is 0 Å². The number of benzene rings is 5. The van der Waals surface area contributed by atoms with Gasteiger partial charge in [0.15, 0.2) is 11.6 Å². The lowest BCUT2D eigenvalue weighted by Gasteiger charge is -2.32. The Kier molecular flexibility index (Phi) is 6.12. The van der Waals surface area contributed by atoms with Crippen molar-refractivity contribution in [1.82, 2.24) is 24.5 Å². The van der Waals surface area contributed by atoms with Crippen LogP contribution in [0.4, 0.5) is 0 Å². The summed E-state index contributed by atoms with van der Waals surface area (Å²) in [6.07, 6.45) is 3.48. The average Bonchev–Trinajstić information content (AvgIpc) is 3.45. The first-order chi connectivity index (χ1) is 22.3. The highest BCUT2D eigenvalue weighted by atomic mass is 28.3. The Morgan fingerprint density at radius 1 is 0.500 bits per heavy atom. The van der Waals surface area contributed by atoms with Gasteiger partial charge in [-0.2, -0.15) is 0 Å². The second-order valence-corrected chi connectivity index (χ2v) is 14.3. The van der Waals surface area contributed by atoms with Gasteiger partial charge in [0.1, 0.15) is 5.45 Å². The molecule has 5 aromatic carbocycles. The quantitative estimate of drug-likeness (QED) is 0.194. The lowest BCUT2D eigenvalue weighted by Crippen LogP contribution is -2.76. The van der Waals surface area contributed by atoms with Crippen LogP contribution in [-0.4, -0.2) is 32.6 Å². The molecular formula is C38H27N5Si. The molecule has 0 aliphatic heterocycles. The Hall–Kier alpha value is -5.72. The summed E-state index contributed by atoms with van der Waals surface area (Å²) in [5.74, 6) is 1.01. The van der Waals surface area contributed by atoms with Crippen LogP contribution in [0.15, 0.2) is 164 Å². The fourth-order valence-electron chi connectivity index (χ4n) is 6.35. The molecular weight excluding hydrogens is 555 g/mol. The van der Waals surface area contributed by atoms with E-state index in [1.54, 1.807) is 18.5 Å². The Morgan fingerprint density at radius 2 is 0.955 bits per heavy atom. The molecule has 0 aliphatic rings. The predicted octanol–water partition coefficient (Wildman–Crippen LogP) is 5.41. The van der Waals surface area contributed by atoms with E-state index in [0.717, 1.165) is 37.4 Å². The van der Waals surface area contributed by atoms with Crippen molar-refractivity contribution in [3.05, 3.63) is 164 Å². The van der Waals surface area contributed by atoms with Crippen molar-refractivity contribution in [3.63, 3.8) is 0 Å². The molecule has 0 N–H and O–H groups in total. The van der Waals surface area contributed by atoms with Crippen LogP contribution in [0.2, 0.25) is 0 Å². The fourth-order valence-corrected chi connectivity index (χ4v) is 10.7. The second kappa shape index (κ2) is 10.8. The standard InChI is InChI=1S/C38H27N5Si/c1-4-15-28(16-5-1)44(29-17-6-2-7-18-29,30-19-8-3-9-20-30)38-41-27-33(36-39-25-14-26-40-36)37(42-38)43-34-23-12-10-21-31(34)32-22-11-13-24-35(32)43/h1-27H/i27D. The minimum absolute atomic E-state index is 0.0859. The summed E-state index contributed by atoms with van der Waals surface area (Å²) in [7, 11) is -3.13. The van der Waals surface area contributed by atoms with Crippen molar-refractivity contribution in [2.24, 2.45) is 0 Å². The van der Waals surface area contributed by atoms with E-state index in [0.29, 0.717) is 22.7 Å². The first kappa shape index (κ1) is 24.8. The number of hydrogen-bond donors (Lipinski definition) is 0. The predicted molar refractivity (Wildman–Crippen MR) is 181 cm³/mol. The van der Waals surface area contributed by atoms with E-state index in [9.17, 15) is 1.37 Å². The van der Waals surface area contributed by atoms with Gasteiger partial charge in [0.2, 0.25) is 8.07 Å². The first-order valence-electron chi connectivity index (χ1n) is 15.1. The van der Waals surface area contributed by atoms with Gasteiger partial charge in [-0.05, 0) is 33.8 Å². The first-order valence-corrected chi connectivity index (χ1v) is 16.6. The summed E-state index contributed by atoms with van der Waals surface area (Å²) >= 11 is 0. The molecule has 0 radical (unpaired) electrons. The largest absolute Gasteiger partial charge is 0.293 e. The monoisotopic (exact) mass is 582 g/mol. The Labute approximate surface area is 257 Å². The third-order valence-electron chi connectivity index (χ3n) is 8.25. The number of hydrogen-bond acceptors (Lipinski definition) is 4. The van der Waals surface area contributed by atoms with Gasteiger partial charge in [0.05, 0.1) is 18.0 Å². The van der Waals surface area contributed by atoms with E-state index >= 15 is 0 Å². The minimum Gasteiger partial charge on any atom is -0.293 e. The van der Waals surface area contributed by atoms with Crippen LogP contribution in [-0.2, 0) is 0 Å². The second-order valence-electron chi connectivity index (χ2n) is 10.6. The highest BCUT2D eigenvalue weighted by Crippen LogP contribution is 2.33. The number of rotatable bonds is 6. The smallest absolute Gasteiger partial charge is 0.226 e. The normalized spacial score (nSPS) is 12.0. The SMILES string of the molecule is [2H]c1nc([Si](c2ccccc2)(c2ccccc2)c2ccccc2)nc(-n2c3ccccc3c3ccccc32)c1-c1ncccn1. The average molecular weight is 583 g/mol. The molecule has 0 atom stereocenters. The fraction of sp³-hybridized carbons (Fsp3) is 0. The highest BCUT2D eigenvalue weighted by Gasteiger charge is 2.45. The summed E-state index contributed by atoms with van der Waals surface area (Å²) in [5.41, 5.74) is 3.10. The lowest BCUT2D eigenvalue weighted by atomic mass is 10.2. The number of nitrogens with zero attached hydrogens (tertiary/aromatic N) is 5. The molecule has 8 aromatic rings. The van der Waals surface area contributed by atoms with Crippen molar-refractivity contribution >= 4 is 50.9 Å². The molecule has 0 saturated heterocycles. The maximum absolute atomic E-state index is 9.55. The molecule has 0 fully saturated rings. The van der Waals surface area contributed by atoms with Crippen LogP contribution in [0.3, 0.4) is 0 Å². The Balaban J connectivity index is 1.56. The van der Waals surface area contributed by atoms with Crippen molar-refractivity contribution < 1.29 is 1.37 Å². The molecule has 44 heavy (non-hydrogen) atoms. The van der Waals surface area contributed by atoms with E-state index in [1.807, 2.05) is 30.3 Å². The maximum atomic E-state index is 9.55. The third kappa shape index (κ3) is 4.07. The van der Waals surface area contributed by atoms with Gasteiger partial charge in [0.25, 0.3) is 0 Å². The molecule has 3 heterocycles. The molecule has 0 saturated carbocycles. The molecule has 6 heteroatoms. The summed E-state index contributed by atoms with van der Waals surface area (Å²) in [5, 5.41) is 5.63. The van der Waals surface area contributed by atoms with E-state index in [-0.39, 0.29) is 6.17 Å². The van der Waals surface area contributed by atoms with Gasteiger partial charge in [-0.25, -0.2) is 19.9 Å². The summed E-state index contributed by atoms with van der Waals surface area (Å²) in [6, 6.07) is 50.0. The number of aromatic nitrogens is 5. The van der Waals surface area contributed by atoms with E-state index in [1.165, 1.54) is 0 Å². The molecule has 0 unspecified atom stereocenters. The molecule has 0 bridgehead atoms. The summed E-state index contributed by atoms with van der Waals surface area (Å²) in [6.45, 7) is 0. The van der Waals surface area contributed by atoms with Crippen molar-refractivity contribution in [2.45, 2.75) is 0 Å². The zero-order valence-corrected chi connectivity index (χ0v) is 24.7. The molecule has 3 aromatic heterocycles. The van der Waals surface area contributed by atoms with Crippen LogP contribution < -0.4 is 21.0 Å². The maximum Gasteiger partial charge on any atom is 0.226 e. The number of fused-ring (bicyclic) bond motifs is 3. The van der Waals surface area contributed by atoms with Crippen LogP contribution in [0.5, 0.6) is 0 Å². The zero-order valence-electron chi connectivity index (χ0n) is 24.7. The summed E-state index contributed by atoms with van der Waals surface area (Å²) in [4.78, 5) is 19.9. The Bertz CT molecular complexity index is 2130. The molecule has 5 nitrogen and oxygen atoms in total. The summed E-state index contributed by atoms with van der Waals surface area (Å²) < 4.78 is 11.7. The molecule has 208 valence electrons. The van der Waals surface area contributed by atoms with Gasteiger partial charge < -0.3 is 0 Å². The Morgan fingerprint density at radius 3 is 1.45 bits per heavy atom. The van der Waals surface area contributed by atoms with E-state index in [4.69, 9.17) is 9.97 Å². The highest BCUT2D eigenvalue weighted by molar-refractivity contribution is 7.19. The van der Waals surface area contributed by atoms with Gasteiger partial charge in [-0.1, -0.05) is 127 Å². The molecule has 0 spiro atoms.